The summed E-state index contributed by atoms with van der Waals surface area (Å²) in [6.45, 7) is 4.66. The van der Waals surface area contributed by atoms with E-state index in [-0.39, 0.29) is 25.0 Å². The van der Waals surface area contributed by atoms with Crippen molar-refractivity contribution < 1.29 is 23.5 Å². The molecule has 0 fully saturated rings. The maximum Gasteiger partial charge on any atom is 0.231 e. The molecule has 2 aromatic rings. The molecule has 2 heterocycles. The van der Waals surface area contributed by atoms with Crippen LogP contribution in [0.3, 0.4) is 0 Å². The van der Waals surface area contributed by atoms with E-state index in [0.29, 0.717) is 41.9 Å². The number of carbonyl (C=O) groups is 2. The van der Waals surface area contributed by atoms with Crippen LogP contribution in [-0.4, -0.2) is 36.7 Å². The average molecular weight is 373 g/mol. The van der Waals surface area contributed by atoms with E-state index in [9.17, 15) is 9.59 Å². The van der Waals surface area contributed by atoms with Crippen molar-refractivity contribution in [2.75, 3.05) is 19.9 Å². The number of amides is 2. The van der Waals surface area contributed by atoms with E-state index in [1.807, 2.05) is 18.2 Å². The Kier molecular flexibility index (Phi) is 5.95. The van der Waals surface area contributed by atoms with Gasteiger partial charge in [-0.2, -0.15) is 0 Å². The molecule has 27 heavy (non-hydrogen) atoms. The summed E-state index contributed by atoms with van der Waals surface area (Å²) in [5, 5.41) is 5.58. The largest absolute Gasteiger partial charge is 0.454 e. The molecule has 0 bridgehead atoms. The SMILES string of the molecule is CC(=O)NCCCCNC(=O)Cc1nc(-c2ccc3c(c2)OCO3)oc1C. The molecule has 8 heteroatoms. The van der Waals surface area contributed by atoms with Gasteiger partial charge in [-0.25, -0.2) is 4.98 Å². The van der Waals surface area contributed by atoms with Crippen molar-refractivity contribution in [3.8, 4) is 23.0 Å². The van der Waals surface area contributed by atoms with Gasteiger partial charge in [0.05, 0.1) is 12.1 Å². The summed E-state index contributed by atoms with van der Waals surface area (Å²) in [6, 6.07) is 5.47. The number of hydrogen-bond donors (Lipinski definition) is 2. The summed E-state index contributed by atoms with van der Waals surface area (Å²) in [5.41, 5.74) is 1.38. The highest BCUT2D eigenvalue weighted by Crippen LogP contribution is 2.36. The molecule has 1 aliphatic heterocycles. The number of nitrogens with zero attached hydrogens (tertiary/aromatic N) is 1. The van der Waals surface area contributed by atoms with Crippen molar-refractivity contribution in [2.24, 2.45) is 0 Å². The number of fused-ring (bicyclic) bond motifs is 1. The fraction of sp³-hybridized carbons (Fsp3) is 0.421. The van der Waals surface area contributed by atoms with E-state index in [1.165, 1.54) is 6.92 Å². The monoisotopic (exact) mass is 373 g/mol. The van der Waals surface area contributed by atoms with E-state index in [4.69, 9.17) is 13.9 Å². The van der Waals surface area contributed by atoms with Crippen LogP contribution < -0.4 is 20.1 Å². The second-order valence-corrected chi connectivity index (χ2v) is 6.31. The van der Waals surface area contributed by atoms with Gasteiger partial charge in [0.2, 0.25) is 24.5 Å². The molecule has 2 amide bonds. The zero-order valence-electron chi connectivity index (χ0n) is 15.5. The predicted octanol–water partition coefficient (Wildman–Crippen LogP) is 1.95. The standard InChI is InChI=1S/C19H23N3O5/c1-12-15(10-18(24)21-8-4-3-7-20-13(2)23)22-19(27-12)14-5-6-16-17(9-14)26-11-25-16/h5-6,9H,3-4,7-8,10-11H2,1-2H3,(H,20,23)(H,21,24). The first-order chi connectivity index (χ1) is 13.0. The number of benzene rings is 1. The van der Waals surface area contributed by atoms with Gasteiger partial charge in [-0.05, 0) is 38.0 Å². The molecular weight excluding hydrogens is 350 g/mol. The smallest absolute Gasteiger partial charge is 0.231 e. The van der Waals surface area contributed by atoms with Gasteiger partial charge >= 0.3 is 0 Å². The van der Waals surface area contributed by atoms with Gasteiger partial charge in [0.1, 0.15) is 5.76 Å². The minimum Gasteiger partial charge on any atom is -0.454 e. The lowest BCUT2D eigenvalue weighted by molar-refractivity contribution is -0.121. The summed E-state index contributed by atoms with van der Waals surface area (Å²) in [6.07, 6.45) is 1.77. The highest BCUT2D eigenvalue weighted by molar-refractivity contribution is 5.78. The first-order valence-corrected chi connectivity index (χ1v) is 8.90. The summed E-state index contributed by atoms with van der Waals surface area (Å²) in [5.74, 6) is 2.26. The Bertz CT molecular complexity index is 831. The van der Waals surface area contributed by atoms with Gasteiger partial charge in [0.15, 0.2) is 11.5 Å². The Labute approximate surface area is 157 Å². The Balaban J connectivity index is 1.51. The lowest BCUT2D eigenvalue weighted by Gasteiger charge is -2.04. The molecule has 3 rings (SSSR count). The van der Waals surface area contributed by atoms with Gasteiger partial charge in [-0.3, -0.25) is 9.59 Å². The molecule has 1 aliphatic rings. The maximum atomic E-state index is 12.1. The number of unbranched alkanes of at least 4 members (excludes halogenated alkanes) is 1. The lowest BCUT2D eigenvalue weighted by atomic mass is 10.2. The predicted molar refractivity (Wildman–Crippen MR) is 97.4 cm³/mol. The normalized spacial score (nSPS) is 12.1. The van der Waals surface area contributed by atoms with Crippen LogP contribution in [0.25, 0.3) is 11.5 Å². The zero-order valence-corrected chi connectivity index (χ0v) is 15.5. The third kappa shape index (κ3) is 4.99. The van der Waals surface area contributed by atoms with Crippen LogP contribution >= 0.6 is 0 Å². The van der Waals surface area contributed by atoms with Gasteiger partial charge in [0.25, 0.3) is 0 Å². The van der Waals surface area contributed by atoms with Gasteiger partial charge < -0.3 is 24.5 Å². The number of oxazole rings is 1. The zero-order chi connectivity index (χ0) is 19.2. The third-order valence-electron chi connectivity index (χ3n) is 4.14. The lowest BCUT2D eigenvalue weighted by Crippen LogP contribution is -2.27. The fourth-order valence-corrected chi connectivity index (χ4v) is 2.70. The molecule has 0 saturated heterocycles. The van der Waals surface area contributed by atoms with Crippen molar-refractivity contribution in [3.05, 3.63) is 29.7 Å². The van der Waals surface area contributed by atoms with Crippen LogP contribution in [0.1, 0.15) is 31.2 Å². The molecule has 0 spiro atoms. The van der Waals surface area contributed by atoms with Crippen LogP contribution in [0.15, 0.2) is 22.6 Å². The summed E-state index contributed by atoms with van der Waals surface area (Å²) in [4.78, 5) is 27.3. The highest BCUT2D eigenvalue weighted by Gasteiger charge is 2.18. The van der Waals surface area contributed by atoms with Crippen LogP contribution in [0.2, 0.25) is 0 Å². The van der Waals surface area contributed by atoms with E-state index in [1.54, 1.807) is 6.92 Å². The van der Waals surface area contributed by atoms with Crippen molar-refractivity contribution in [3.63, 3.8) is 0 Å². The molecule has 1 aromatic heterocycles. The molecule has 8 nitrogen and oxygen atoms in total. The maximum absolute atomic E-state index is 12.1. The molecule has 0 radical (unpaired) electrons. The van der Waals surface area contributed by atoms with Gasteiger partial charge in [-0.15, -0.1) is 0 Å². The van der Waals surface area contributed by atoms with Crippen molar-refractivity contribution >= 4 is 11.8 Å². The van der Waals surface area contributed by atoms with E-state index >= 15 is 0 Å². The Morgan fingerprint density at radius 1 is 1.11 bits per heavy atom. The number of nitrogens with one attached hydrogen (secondary N) is 2. The fourth-order valence-electron chi connectivity index (χ4n) is 2.70. The number of aryl methyl sites for hydroxylation is 1. The summed E-state index contributed by atoms with van der Waals surface area (Å²) >= 11 is 0. The summed E-state index contributed by atoms with van der Waals surface area (Å²) in [7, 11) is 0. The van der Waals surface area contributed by atoms with Crippen LogP contribution in [-0.2, 0) is 16.0 Å². The molecule has 0 aliphatic carbocycles. The Morgan fingerprint density at radius 2 is 1.85 bits per heavy atom. The molecule has 0 unspecified atom stereocenters. The van der Waals surface area contributed by atoms with Crippen LogP contribution in [0, 0.1) is 6.92 Å². The summed E-state index contributed by atoms with van der Waals surface area (Å²) < 4.78 is 16.4. The minimum absolute atomic E-state index is 0.0428. The van der Waals surface area contributed by atoms with E-state index in [0.717, 1.165) is 18.4 Å². The second kappa shape index (κ2) is 8.57. The number of carbonyl (C=O) groups excluding carboxylic acids is 2. The molecular formula is C19H23N3O5. The quantitative estimate of drug-likeness (QED) is 0.686. The van der Waals surface area contributed by atoms with Gasteiger partial charge in [-0.1, -0.05) is 0 Å². The second-order valence-electron chi connectivity index (χ2n) is 6.31. The molecule has 2 N–H and O–H groups in total. The van der Waals surface area contributed by atoms with Crippen LogP contribution in [0.4, 0.5) is 0 Å². The number of ether oxygens (including phenoxy) is 2. The van der Waals surface area contributed by atoms with Crippen LogP contribution in [0.5, 0.6) is 11.5 Å². The topological polar surface area (TPSA) is 103 Å². The highest BCUT2D eigenvalue weighted by atomic mass is 16.7. The minimum atomic E-state index is -0.108. The first kappa shape index (κ1) is 18.8. The average Bonchev–Trinajstić information content (AvgIpc) is 3.24. The van der Waals surface area contributed by atoms with Crippen molar-refractivity contribution in [1.29, 1.82) is 0 Å². The van der Waals surface area contributed by atoms with Crippen molar-refractivity contribution in [1.82, 2.24) is 15.6 Å². The van der Waals surface area contributed by atoms with Gasteiger partial charge in [0, 0.05) is 25.6 Å². The third-order valence-corrected chi connectivity index (χ3v) is 4.14. The van der Waals surface area contributed by atoms with E-state index < -0.39 is 0 Å². The molecule has 144 valence electrons. The number of rotatable bonds is 8. The van der Waals surface area contributed by atoms with E-state index in [2.05, 4.69) is 15.6 Å². The Morgan fingerprint density at radius 3 is 2.63 bits per heavy atom. The number of aromatic nitrogens is 1. The molecule has 0 atom stereocenters. The number of hydrogen-bond acceptors (Lipinski definition) is 6. The molecule has 1 aromatic carbocycles. The first-order valence-electron chi connectivity index (χ1n) is 8.90. The Hall–Kier alpha value is -3.03. The molecule has 0 saturated carbocycles. The van der Waals surface area contributed by atoms with Crippen molar-refractivity contribution in [2.45, 2.75) is 33.1 Å².